The third-order valence-corrected chi connectivity index (χ3v) is 2.30. The molecular weight excluding hydrogens is 228 g/mol. The van der Waals surface area contributed by atoms with Crippen LogP contribution in [-0.4, -0.2) is 25.8 Å². The van der Waals surface area contributed by atoms with E-state index in [0.29, 0.717) is 6.54 Å². The van der Waals surface area contributed by atoms with Gasteiger partial charge in [-0.25, -0.2) is 4.79 Å². The molecule has 0 aliphatic rings. The molecule has 0 aliphatic heterocycles. The second-order valence-electron chi connectivity index (χ2n) is 5.38. The Kier molecular flexibility index (Phi) is 4.59. The second kappa shape index (κ2) is 5.76. The van der Waals surface area contributed by atoms with Gasteiger partial charge in [0.25, 0.3) is 0 Å². The Morgan fingerprint density at radius 3 is 2.44 bits per heavy atom. The van der Waals surface area contributed by atoms with Crippen molar-refractivity contribution in [2.45, 2.75) is 32.9 Å². The number of ether oxygens (including phenoxy) is 1. The molecule has 0 atom stereocenters. The highest BCUT2D eigenvalue weighted by atomic mass is 16.6. The van der Waals surface area contributed by atoms with Crippen LogP contribution in [0.1, 0.15) is 26.3 Å². The van der Waals surface area contributed by atoms with Crippen molar-refractivity contribution in [1.82, 2.24) is 5.32 Å². The lowest BCUT2D eigenvalue weighted by molar-refractivity contribution is 0.0523. The first-order valence-electron chi connectivity index (χ1n) is 6.01. The highest BCUT2D eigenvalue weighted by Crippen LogP contribution is 2.17. The van der Waals surface area contributed by atoms with Gasteiger partial charge in [-0.3, -0.25) is 0 Å². The SMILES string of the molecule is CN(C)c1ccccc1CNC(=O)OC(C)(C)C. The fourth-order valence-electron chi connectivity index (χ4n) is 1.58. The van der Waals surface area contributed by atoms with Crippen LogP contribution in [0.5, 0.6) is 0 Å². The number of anilines is 1. The van der Waals surface area contributed by atoms with Gasteiger partial charge in [0, 0.05) is 26.3 Å². The highest BCUT2D eigenvalue weighted by molar-refractivity contribution is 5.68. The van der Waals surface area contributed by atoms with Crippen molar-refractivity contribution in [2.24, 2.45) is 0 Å². The summed E-state index contributed by atoms with van der Waals surface area (Å²) in [6.07, 6.45) is -0.393. The molecule has 4 heteroatoms. The van der Waals surface area contributed by atoms with Gasteiger partial charge in [-0.15, -0.1) is 0 Å². The Hall–Kier alpha value is -1.71. The van der Waals surface area contributed by atoms with E-state index in [1.165, 1.54) is 0 Å². The lowest BCUT2D eigenvalue weighted by atomic mass is 10.1. The van der Waals surface area contributed by atoms with E-state index < -0.39 is 11.7 Å². The molecule has 100 valence electrons. The predicted molar refractivity (Wildman–Crippen MR) is 73.8 cm³/mol. The minimum absolute atomic E-state index is 0.393. The monoisotopic (exact) mass is 250 g/mol. The third-order valence-electron chi connectivity index (χ3n) is 2.30. The Morgan fingerprint density at radius 1 is 1.28 bits per heavy atom. The molecule has 1 amide bonds. The smallest absolute Gasteiger partial charge is 0.407 e. The van der Waals surface area contributed by atoms with E-state index in [-0.39, 0.29) is 0 Å². The van der Waals surface area contributed by atoms with E-state index in [0.717, 1.165) is 11.3 Å². The van der Waals surface area contributed by atoms with Crippen molar-refractivity contribution in [2.75, 3.05) is 19.0 Å². The summed E-state index contributed by atoms with van der Waals surface area (Å²) >= 11 is 0. The Balaban J connectivity index is 2.61. The maximum atomic E-state index is 11.6. The molecule has 0 aromatic heterocycles. The largest absolute Gasteiger partial charge is 0.444 e. The minimum Gasteiger partial charge on any atom is -0.444 e. The molecule has 0 fully saturated rings. The Bertz CT molecular complexity index is 409. The molecule has 4 nitrogen and oxygen atoms in total. The van der Waals surface area contributed by atoms with Crippen molar-refractivity contribution in [3.05, 3.63) is 29.8 Å². The van der Waals surface area contributed by atoms with E-state index in [1.807, 2.05) is 64.0 Å². The first-order valence-corrected chi connectivity index (χ1v) is 6.01. The van der Waals surface area contributed by atoms with Crippen LogP contribution >= 0.6 is 0 Å². The number of alkyl carbamates (subject to hydrolysis) is 1. The van der Waals surface area contributed by atoms with Crippen molar-refractivity contribution in [3.63, 3.8) is 0 Å². The number of carbonyl (C=O) groups excluding carboxylic acids is 1. The van der Waals surface area contributed by atoms with Crippen molar-refractivity contribution >= 4 is 11.8 Å². The lowest BCUT2D eigenvalue weighted by Gasteiger charge is -2.21. The van der Waals surface area contributed by atoms with Gasteiger partial charge in [0.05, 0.1) is 0 Å². The number of para-hydroxylation sites is 1. The zero-order valence-electron chi connectivity index (χ0n) is 11.8. The number of amides is 1. The van der Waals surface area contributed by atoms with Gasteiger partial charge >= 0.3 is 6.09 Å². The molecule has 0 heterocycles. The first-order chi connectivity index (χ1) is 8.29. The molecule has 18 heavy (non-hydrogen) atoms. The molecule has 0 unspecified atom stereocenters. The number of nitrogens with one attached hydrogen (secondary N) is 1. The molecule has 0 saturated carbocycles. The fraction of sp³-hybridized carbons (Fsp3) is 0.500. The van der Waals surface area contributed by atoms with Crippen LogP contribution in [0.2, 0.25) is 0 Å². The summed E-state index contributed by atoms with van der Waals surface area (Å²) in [6, 6.07) is 7.95. The summed E-state index contributed by atoms with van der Waals surface area (Å²) < 4.78 is 5.20. The maximum Gasteiger partial charge on any atom is 0.407 e. The number of nitrogens with zero attached hydrogens (tertiary/aromatic N) is 1. The molecule has 0 aliphatic carbocycles. The minimum atomic E-state index is -0.467. The van der Waals surface area contributed by atoms with Gasteiger partial charge < -0.3 is 15.0 Å². The maximum absolute atomic E-state index is 11.6. The quantitative estimate of drug-likeness (QED) is 0.897. The van der Waals surface area contributed by atoms with Crippen LogP contribution in [-0.2, 0) is 11.3 Å². The average Bonchev–Trinajstić information content (AvgIpc) is 2.24. The number of hydrogen-bond acceptors (Lipinski definition) is 3. The van der Waals surface area contributed by atoms with E-state index in [9.17, 15) is 4.79 Å². The van der Waals surface area contributed by atoms with Crippen LogP contribution in [0.4, 0.5) is 10.5 Å². The number of carbonyl (C=O) groups is 1. The first kappa shape index (κ1) is 14.4. The zero-order chi connectivity index (χ0) is 13.8. The summed E-state index contributed by atoms with van der Waals surface area (Å²) in [5.74, 6) is 0. The molecular formula is C14H22N2O2. The molecule has 0 radical (unpaired) electrons. The van der Waals surface area contributed by atoms with Crippen LogP contribution in [0.25, 0.3) is 0 Å². The van der Waals surface area contributed by atoms with Gasteiger partial charge in [-0.1, -0.05) is 18.2 Å². The normalized spacial score (nSPS) is 10.9. The molecule has 0 saturated heterocycles. The van der Waals surface area contributed by atoms with Crippen molar-refractivity contribution in [1.29, 1.82) is 0 Å². The van der Waals surface area contributed by atoms with Gasteiger partial charge in [-0.2, -0.15) is 0 Å². The molecule has 0 bridgehead atoms. The predicted octanol–water partition coefficient (Wildman–Crippen LogP) is 2.78. The van der Waals surface area contributed by atoms with Gasteiger partial charge in [0.1, 0.15) is 5.60 Å². The zero-order valence-corrected chi connectivity index (χ0v) is 11.8. The number of rotatable bonds is 3. The van der Waals surface area contributed by atoms with E-state index in [1.54, 1.807) is 0 Å². The molecule has 0 spiro atoms. The number of hydrogen-bond donors (Lipinski definition) is 1. The summed E-state index contributed by atoms with van der Waals surface area (Å²) in [6.45, 7) is 6.00. The molecule has 1 aromatic carbocycles. The summed E-state index contributed by atoms with van der Waals surface area (Å²) in [7, 11) is 3.96. The van der Waals surface area contributed by atoms with E-state index >= 15 is 0 Å². The average molecular weight is 250 g/mol. The van der Waals surface area contributed by atoms with E-state index in [4.69, 9.17) is 4.74 Å². The topological polar surface area (TPSA) is 41.6 Å². The van der Waals surface area contributed by atoms with Gasteiger partial charge in [0.15, 0.2) is 0 Å². The summed E-state index contributed by atoms with van der Waals surface area (Å²) in [4.78, 5) is 13.6. The van der Waals surface area contributed by atoms with Crippen LogP contribution < -0.4 is 10.2 Å². The third kappa shape index (κ3) is 4.65. The van der Waals surface area contributed by atoms with Crippen LogP contribution in [0.3, 0.4) is 0 Å². The van der Waals surface area contributed by atoms with E-state index in [2.05, 4.69) is 5.32 Å². The number of benzene rings is 1. The fourth-order valence-corrected chi connectivity index (χ4v) is 1.58. The molecule has 1 rings (SSSR count). The van der Waals surface area contributed by atoms with Crippen molar-refractivity contribution in [3.8, 4) is 0 Å². The van der Waals surface area contributed by atoms with Crippen LogP contribution in [0.15, 0.2) is 24.3 Å². The second-order valence-corrected chi connectivity index (χ2v) is 5.38. The summed E-state index contributed by atoms with van der Waals surface area (Å²) in [5, 5.41) is 2.76. The lowest BCUT2D eigenvalue weighted by Crippen LogP contribution is -2.32. The Labute approximate surface area is 109 Å². The van der Waals surface area contributed by atoms with Crippen LogP contribution in [0, 0.1) is 0 Å². The van der Waals surface area contributed by atoms with Gasteiger partial charge in [0.2, 0.25) is 0 Å². The summed E-state index contributed by atoms with van der Waals surface area (Å²) in [5.41, 5.74) is 1.69. The van der Waals surface area contributed by atoms with Crippen molar-refractivity contribution < 1.29 is 9.53 Å². The molecule has 1 aromatic rings. The molecule has 1 N–H and O–H groups in total. The Morgan fingerprint density at radius 2 is 1.89 bits per heavy atom. The standard InChI is InChI=1S/C14H22N2O2/c1-14(2,3)18-13(17)15-10-11-8-6-7-9-12(11)16(4)5/h6-9H,10H2,1-5H3,(H,15,17). The highest BCUT2D eigenvalue weighted by Gasteiger charge is 2.16. The van der Waals surface area contributed by atoms with Gasteiger partial charge in [-0.05, 0) is 32.4 Å².